The molecule has 0 aliphatic heterocycles. The van der Waals surface area contributed by atoms with Crippen LogP contribution in [-0.2, 0) is 0 Å². The molecule has 0 fully saturated rings. The molecule has 0 saturated heterocycles. The molecule has 0 atom stereocenters. The highest BCUT2D eigenvalue weighted by Gasteiger charge is 2.18. The molecule has 0 bridgehead atoms. The Hall–Kier alpha value is -5.60. The minimum Gasteiger partial charge on any atom is -0.310 e. The van der Waals surface area contributed by atoms with Crippen LogP contribution in [0.1, 0.15) is 0 Å². The van der Waals surface area contributed by atoms with Gasteiger partial charge >= 0.3 is 0 Å². The number of benzene rings is 7. The van der Waals surface area contributed by atoms with E-state index in [0.717, 1.165) is 22.7 Å². The molecule has 1 aromatic heterocycles. The van der Waals surface area contributed by atoms with Gasteiger partial charge in [0.15, 0.2) is 0 Å². The summed E-state index contributed by atoms with van der Waals surface area (Å²) in [6.07, 6.45) is 0. The van der Waals surface area contributed by atoms with Gasteiger partial charge < -0.3 is 9.47 Å². The van der Waals surface area contributed by atoms with Gasteiger partial charge in [-0.15, -0.1) is 0 Å². The Bertz CT molecular complexity index is 2120. The first-order chi connectivity index (χ1) is 20.8. The summed E-state index contributed by atoms with van der Waals surface area (Å²) in [6.45, 7) is 0. The lowest BCUT2D eigenvalue weighted by Gasteiger charge is -2.25. The number of hydrogen-bond acceptors (Lipinski definition) is 1. The van der Waals surface area contributed by atoms with Gasteiger partial charge in [0.2, 0.25) is 0 Å². The number of para-hydroxylation sites is 2. The van der Waals surface area contributed by atoms with Gasteiger partial charge in [0.25, 0.3) is 0 Å². The van der Waals surface area contributed by atoms with E-state index in [2.05, 4.69) is 179 Å². The molecule has 8 aromatic rings. The molecule has 0 amide bonds. The van der Waals surface area contributed by atoms with Crippen molar-refractivity contribution < 1.29 is 0 Å². The van der Waals surface area contributed by atoms with E-state index in [1.807, 2.05) is 0 Å². The van der Waals surface area contributed by atoms with Gasteiger partial charge in [0, 0.05) is 33.5 Å². The number of fused-ring (bicyclic) bond motifs is 5. The Kier molecular flexibility index (Phi) is 5.82. The summed E-state index contributed by atoms with van der Waals surface area (Å²) in [7, 11) is 0. The third-order valence-corrected chi connectivity index (χ3v) is 8.16. The molecule has 1 heterocycles. The summed E-state index contributed by atoms with van der Waals surface area (Å²) < 4.78 is 2.41. The van der Waals surface area contributed by atoms with Crippen molar-refractivity contribution in [3.05, 3.63) is 170 Å². The molecule has 0 aliphatic rings. The van der Waals surface area contributed by atoms with Crippen molar-refractivity contribution in [2.75, 3.05) is 4.90 Å². The Morgan fingerprint density at radius 3 is 1.64 bits per heavy atom. The predicted molar refractivity (Wildman–Crippen MR) is 178 cm³/mol. The first-order valence-electron chi connectivity index (χ1n) is 14.4. The maximum atomic E-state index is 2.41. The molecule has 0 unspecified atom stereocenters. The van der Waals surface area contributed by atoms with Crippen molar-refractivity contribution in [3.8, 4) is 16.8 Å². The smallest absolute Gasteiger partial charge is 0.0547 e. The molecule has 0 aliphatic carbocycles. The fourth-order valence-electron chi connectivity index (χ4n) is 6.23. The van der Waals surface area contributed by atoms with Gasteiger partial charge in [-0.1, -0.05) is 109 Å². The van der Waals surface area contributed by atoms with Crippen LogP contribution in [0.25, 0.3) is 49.4 Å². The third-order valence-electron chi connectivity index (χ3n) is 8.16. The molecule has 8 rings (SSSR count). The van der Waals surface area contributed by atoms with Crippen molar-refractivity contribution in [1.29, 1.82) is 0 Å². The predicted octanol–water partition coefficient (Wildman–Crippen LogP) is 11.1. The second-order valence-electron chi connectivity index (χ2n) is 10.6. The third kappa shape index (κ3) is 4.05. The topological polar surface area (TPSA) is 8.17 Å². The van der Waals surface area contributed by atoms with Crippen LogP contribution in [-0.4, -0.2) is 4.57 Å². The van der Waals surface area contributed by atoms with Crippen molar-refractivity contribution in [3.63, 3.8) is 0 Å². The van der Waals surface area contributed by atoms with E-state index < -0.39 is 0 Å². The van der Waals surface area contributed by atoms with Crippen LogP contribution in [0.5, 0.6) is 0 Å². The Labute approximate surface area is 245 Å². The Balaban J connectivity index is 1.38. The minimum atomic E-state index is 1.13. The van der Waals surface area contributed by atoms with Crippen LogP contribution in [0.2, 0.25) is 0 Å². The minimum absolute atomic E-state index is 1.13. The molecule has 0 spiro atoms. The number of anilines is 3. The second-order valence-corrected chi connectivity index (χ2v) is 10.6. The second kappa shape index (κ2) is 10.1. The SMILES string of the molecule is c1ccc(-c2ccc(-n3c4ccc(N(c5ccccc5)c5ccccc5)cc4c4c5ccccc5ccc43)cc2)cc1. The first-order valence-corrected chi connectivity index (χ1v) is 14.4. The maximum Gasteiger partial charge on any atom is 0.0547 e. The first kappa shape index (κ1) is 24.2. The lowest BCUT2D eigenvalue weighted by atomic mass is 10.0. The molecule has 2 heteroatoms. The average Bonchev–Trinajstić information content (AvgIpc) is 3.41. The fourth-order valence-corrected chi connectivity index (χ4v) is 6.23. The van der Waals surface area contributed by atoms with E-state index in [4.69, 9.17) is 0 Å². The summed E-state index contributed by atoms with van der Waals surface area (Å²) in [5.41, 5.74) is 9.39. The van der Waals surface area contributed by atoms with Crippen molar-refractivity contribution >= 4 is 49.6 Å². The summed E-state index contributed by atoms with van der Waals surface area (Å²) in [5, 5.41) is 5.03. The normalized spacial score (nSPS) is 11.3. The molecular weight excluding hydrogens is 508 g/mol. The Morgan fingerprint density at radius 1 is 0.381 bits per heavy atom. The lowest BCUT2D eigenvalue weighted by Crippen LogP contribution is -2.09. The standard InChI is InChI=1S/C40H28N2/c1-4-12-29(13-5-1)30-20-23-34(24-21-30)42-38-27-25-35(41(32-15-6-2-7-16-32)33-17-8-3-9-18-33)28-37(38)40-36-19-11-10-14-31(36)22-26-39(40)42/h1-28H. The number of rotatable bonds is 5. The van der Waals surface area contributed by atoms with Gasteiger partial charge in [-0.3, -0.25) is 0 Å². The highest BCUT2D eigenvalue weighted by atomic mass is 15.1. The molecule has 7 aromatic carbocycles. The van der Waals surface area contributed by atoms with Crippen molar-refractivity contribution in [1.82, 2.24) is 4.57 Å². The van der Waals surface area contributed by atoms with E-state index >= 15 is 0 Å². The molecular formula is C40H28N2. The molecule has 0 saturated carbocycles. The number of nitrogens with zero attached hydrogens (tertiary/aromatic N) is 2. The van der Waals surface area contributed by atoms with Crippen LogP contribution >= 0.6 is 0 Å². The summed E-state index contributed by atoms with van der Waals surface area (Å²) in [5.74, 6) is 0. The molecule has 2 nitrogen and oxygen atoms in total. The zero-order valence-corrected chi connectivity index (χ0v) is 23.1. The lowest BCUT2D eigenvalue weighted by molar-refractivity contribution is 1.18. The van der Waals surface area contributed by atoms with Crippen LogP contribution in [0, 0.1) is 0 Å². The quantitative estimate of drug-likeness (QED) is 0.212. The average molecular weight is 537 g/mol. The monoisotopic (exact) mass is 536 g/mol. The van der Waals surface area contributed by atoms with E-state index in [0.29, 0.717) is 0 Å². The molecule has 198 valence electrons. The zero-order valence-electron chi connectivity index (χ0n) is 23.1. The molecule has 42 heavy (non-hydrogen) atoms. The van der Waals surface area contributed by atoms with Crippen LogP contribution in [0.15, 0.2) is 170 Å². The van der Waals surface area contributed by atoms with E-state index in [1.165, 1.54) is 43.7 Å². The van der Waals surface area contributed by atoms with Gasteiger partial charge in [-0.05, 0) is 82.6 Å². The van der Waals surface area contributed by atoms with E-state index in [1.54, 1.807) is 0 Å². The van der Waals surface area contributed by atoms with E-state index in [-0.39, 0.29) is 0 Å². The summed E-state index contributed by atoms with van der Waals surface area (Å²) >= 11 is 0. The van der Waals surface area contributed by atoms with Gasteiger partial charge in [-0.2, -0.15) is 0 Å². The summed E-state index contributed by atoms with van der Waals surface area (Å²) in [4.78, 5) is 2.34. The number of aromatic nitrogens is 1. The number of hydrogen-bond donors (Lipinski definition) is 0. The van der Waals surface area contributed by atoms with Gasteiger partial charge in [-0.25, -0.2) is 0 Å². The van der Waals surface area contributed by atoms with Crippen LogP contribution in [0.3, 0.4) is 0 Å². The maximum absolute atomic E-state index is 2.41. The molecule has 0 N–H and O–H groups in total. The summed E-state index contributed by atoms with van der Waals surface area (Å²) in [6, 6.07) is 60.8. The highest BCUT2D eigenvalue weighted by molar-refractivity contribution is 6.22. The zero-order chi connectivity index (χ0) is 27.9. The van der Waals surface area contributed by atoms with Crippen LogP contribution in [0.4, 0.5) is 17.1 Å². The largest absolute Gasteiger partial charge is 0.310 e. The van der Waals surface area contributed by atoms with Gasteiger partial charge in [0.05, 0.1) is 11.0 Å². The van der Waals surface area contributed by atoms with Gasteiger partial charge in [0.1, 0.15) is 0 Å². The Morgan fingerprint density at radius 2 is 0.952 bits per heavy atom. The van der Waals surface area contributed by atoms with E-state index in [9.17, 15) is 0 Å². The van der Waals surface area contributed by atoms with Crippen molar-refractivity contribution in [2.45, 2.75) is 0 Å². The highest BCUT2D eigenvalue weighted by Crippen LogP contribution is 2.41. The fraction of sp³-hybridized carbons (Fsp3) is 0. The van der Waals surface area contributed by atoms with Crippen LogP contribution < -0.4 is 4.90 Å². The van der Waals surface area contributed by atoms with Crippen molar-refractivity contribution in [2.24, 2.45) is 0 Å². The molecule has 0 radical (unpaired) electrons.